The fraction of sp³-hybridized carbons (Fsp3) is 0.278. The molecule has 0 atom stereocenters. The van der Waals surface area contributed by atoms with E-state index >= 15 is 0 Å². The maximum absolute atomic E-state index is 5.83. The van der Waals surface area contributed by atoms with Crippen molar-refractivity contribution < 1.29 is 4.74 Å². The van der Waals surface area contributed by atoms with Crippen LogP contribution < -0.4 is 4.74 Å². The highest BCUT2D eigenvalue weighted by Gasteiger charge is 2.04. The number of aryl methyl sites for hydroxylation is 3. The summed E-state index contributed by atoms with van der Waals surface area (Å²) in [5.41, 5.74) is 2.40. The van der Waals surface area contributed by atoms with E-state index in [1.807, 2.05) is 42.1 Å². The molecule has 0 aliphatic heterocycles. The van der Waals surface area contributed by atoms with Gasteiger partial charge in [-0.25, -0.2) is 4.98 Å². The zero-order chi connectivity index (χ0) is 15.4. The number of rotatable bonds is 6. The number of nitrogens with zero attached hydrogens (tertiary/aromatic N) is 2. The molecule has 0 bridgehead atoms. The predicted octanol–water partition coefficient (Wildman–Crippen LogP) is 3.83. The lowest BCUT2D eigenvalue weighted by Gasteiger charge is -2.08. The highest BCUT2D eigenvalue weighted by Crippen LogP contribution is 2.17. The first kappa shape index (κ1) is 14.4. The van der Waals surface area contributed by atoms with Crippen molar-refractivity contribution in [3.8, 4) is 11.6 Å². The summed E-state index contributed by atoms with van der Waals surface area (Å²) in [5, 5.41) is 0. The zero-order valence-corrected chi connectivity index (χ0v) is 13.0. The molecular formula is C18H21N3O. The van der Waals surface area contributed by atoms with E-state index < -0.39 is 0 Å². The van der Waals surface area contributed by atoms with Crippen molar-refractivity contribution in [2.24, 2.45) is 0 Å². The first-order valence-corrected chi connectivity index (χ1v) is 7.60. The summed E-state index contributed by atoms with van der Waals surface area (Å²) in [4.78, 5) is 7.68. The number of H-pyrrole nitrogens is 1. The molecule has 1 N–H and O–H groups in total. The molecule has 0 spiro atoms. The molecule has 22 heavy (non-hydrogen) atoms. The molecule has 4 nitrogen and oxygen atoms in total. The van der Waals surface area contributed by atoms with Gasteiger partial charge in [-0.1, -0.05) is 18.2 Å². The Labute approximate surface area is 130 Å². The molecule has 3 rings (SSSR count). The van der Waals surface area contributed by atoms with Gasteiger partial charge in [0, 0.05) is 18.1 Å². The summed E-state index contributed by atoms with van der Waals surface area (Å²) in [7, 11) is 0. The van der Waals surface area contributed by atoms with E-state index in [-0.39, 0.29) is 0 Å². The molecule has 114 valence electrons. The van der Waals surface area contributed by atoms with Gasteiger partial charge in [0.05, 0.1) is 6.61 Å². The van der Waals surface area contributed by atoms with Gasteiger partial charge in [0.1, 0.15) is 17.4 Å². The maximum atomic E-state index is 5.83. The highest BCUT2D eigenvalue weighted by molar-refractivity contribution is 5.31. The Morgan fingerprint density at radius 3 is 2.77 bits per heavy atom. The molecule has 1 aromatic carbocycles. The van der Waals surface area contributed by atoms with Crippen molar-refractivity contribution in [1.29, 1.82) is 0 Å². The highest BCUT2D eigenvalue weighted by atomic mass is 16.5. The third kappa shape index (κ3) is 3.22. The number of para-hydroxylation sites is 1. The van der Waals surface area contributed by atoms with Crippen LogP contribution in [0, 0.1) is 13.8 Å². The van der Waals surface area contributed by atoms with Crippen LogP contribution in [0.15, 0.2) is 48.8 Å². The Balaban J connectivity index is 1.52. The van der Waals surface area contributed by atoms with Gasteiger partial charge in [-0.3, -0.25) is 4.57 Å². The van der Waals surface area contributed by atoms with Crippen molar-refractivity contribution in [2.75, 3.05) is 6.61 Å². The van der Waals surface area contributed by atoms with Gasteiger partial charge >= 0.3 is 0 Å². The number of aromatic nitrogens is 3. The van der Waals surface area contributed by atoms with E-state index in [1.54, 1.807) is 0 Å². The minimum Gasteiger partial charge on any atom is -0.493 e. The van der Waals surface area contributed by atoms with Gasteiger partial charge in [0.25, 0.3) is 0 Å². The predicted molar refractivity (Wildman–Crippen MR) is 87.6 cm³/mol. The number of benzene rings is 1. The molecule has 0 saturated heterocycles. The second-order valence-electron chi connectivity index (χ2n) is 5.43. The van der Waals surface area contributed by atoms with Crippen LogP contribution in [0.5, 0.6) is 5.75 Å². The first-order chi connectivity index (χ1) is 10.7. The Bertz CT molecular complexity index is 742. The SMILES string of the molecule is Cc1ccccc1OCCCc1ccc(-n2ccnc2C)[nH]1. The molecule has 0 aliphatic carbocycles. The van der Waals surface area contributed by atoms with Crippen molar-refractivity contribution in [2.45, 2.75) is 26.7 Å². The minimum atomic E-state index is 0.726. The minimum absolute atomic E-state index is 0.726. The van der Waals surface area contributed by atoms with Crippen LogP contribution in [0.3, 0.4) is 0 Å². The lowest BCUT2D eigenvalue weighted by Crippen LogP contribution is -2.01. The molecular weight excluding hydrogens is 274 g/mol. The summed E-state index contributed by atoms with van der Waals surface area (Å²) < 4.78 is 7.88. The topological polar surface area (TPSA) is 42.8 Å². The van der Waals surface area contributed by atoms with Crippen LogP contribution in [0.2, 0.25) is 0 Å². The van der Waals surface area contributed by atoms with E-state index in [0.717, 1.165) is 36.8 Å². The van der Waals surface area contributed by atoms with Gasteiger partial charge < -0.3 is 9.72 Å². The Morgan fingerprint density at radius 2 is 2.00 bits per heavy atom. The van der Waals surface area contributed by atoms with E-state index in [0.29, 0.717) is 0 Å². The Morgan fingerprint density at radius 1 is 1.14 bits per heavy atom. The zero-order valence-electron chi connectivity index (χ0n) is 13.0. The Kier molecular flexibility index (Phi) is 4.28. The van der Waals surface area contributed by atoms with Crippen molar-refractivity contribution in [3.63, 3.8) is 0 Å². The van der Waals surface area contributed by atoms with Gasteiger partial charge in [0.15, 0.2) is 0 Å². The van der Waals surface area contributed by atoms with E-state index in [1.165, 1.54) is 11.3 Å². The third-order valence-corrected chi connectivity index (χ3v) is 3.76. The molecule has 0 unspecified atom stereocenters. The van der Waals surface area contributed by atoms with E-state index in [4.69, 9.17) is 4.74 Å². The standard InChI is InChI=1S/C18H21N3O/c1-14-6-3-4-8-17(14)22-13-5-7-16-9-10-18(20-16)21-12-11-19-15(21)2/h3-4,6,8-12,20H,5,7,13H2,1-2H3. The van der Waals surface area contributed by atoms with Gasteiger partial charge in [0.2, 0.25) is 0 Å². The fourth-order valence-corrected chi connectivity index (χ4v) is 2.51. The average Bonchev–Trinajstić information content (AvgIpc) is 3.14. The Hall–Kier alpha value is -2.49. The van der Waals surface area contributed by atoms with Crippen LogP contribution in [-0.4, -0.2) is 21.1 Å². The van der Waals surface area contributed by atoms with Crippen LogP contribution in [0.4, 0.5) is 0 Å². The van der Waals surface area contributed by atoms with Crippen molar-refractivity contribution >= 4 is 0 Å². The van der Waals surface area contributed by atoms with Gasteiger partial charge in [-0.15, -0.1) is 0 Å². The third-order valence-electron chi connectivity index (χ3n) is 3.76. The second-order valence-corrected chi connectivity index (χ2v) is 5.43. The summed E-state index contributed by atoms with van der Waals surface area (Å²) in [6.45, 7) is 4.79. The number of ether oxygens (including phenoxy) is 1. The average molecular weight is 295 g/mol. The van der Waals surface area contributed by atoms with Gasteiger partial charge in [-0.2, -0.15) is 0 Å². The molecule has 3 aromatic rings. The molecule has 0 radical (unpaired) electrons. The molecule has 0 fully saturated rings. The summed E-state index contributed by atoms with van der Waals surface area (Å²) in [6, 6.07) is 12.3. The van der Waals surface area contributed by atoms with Crippen LogP contribution in [0.25, 0.3) is 5.82 Å². The first-order valence-electron chi connectivity index (χ1n) is 7.60. The molecule has 2 heterocycles. The number of imidazole rings is 1. The largest absolute Gasteiger partial charge is 0.493 e. The number of hydrogen-bond acceptors (Lipinski definition) is 2. The van der Waals surface area contributed by atoms with Crippen LogP contribution in [-0.2, 0) is 6.42 Å². The quantitative estimate of drug-likeness (QED) is 0.702. The summed E-state index contributed by atoms with van der Waals surface area (Å²) in [6.07, 6.45) is 5.73. The maximum Gasteiger partial charge on any atom is 0.122 e. The lowest BCUT2D eigenvalue weighted by molar-refractivity contribution is 0.308. The smallest absolute Gasteiger partial charge is 0.122 e. The fourth-order valence-electron chi connectivity index (χ4n) is 2.51. The molecule has 0 aliphatic rings. The number of nitrogens with one attached hydrogen (secondary N) is 1. The molecule has 4 heteroatoms. The van der Waals surface area contributed by atoms with Gasteiger partial charge in [-0.05, 0) is 50.5 Å². The van der Waals surface area contributed by atoms with Crippen LogP contribution >= 0.6 is 0 Å². The lowest BCUT2D eigenvalue weighted by atomic mass is 10.2. The monoisotopic (exact) mass is 295 g/mol. The van der Waals surface area contributed by atoms with Crippen molar-refractivity contribution in [3.05, 3.63) is 65.9 Å². The summed E-state index contributed by atoms with van der Waals surface area (Å²) >= 11 is 0. The number of aromatic amines is 1. The van der Waals surface area contributed by atoms with E-state index in [9.17, 15) is 0 Å². The molecule has 0 saturated carbocycles. The van der Waals surface area contributed by atoms with E-state index in [2.05, 4.69) is 35.1 Å². The van der Waals surface area contributed by atoms with Crippen molar-refractivity contribution in [1.82, 2.24) is 14.5 Å². The molecule has 0 amide bonds. The normalized spacial score (nSPS) is 10.8. The summed E-state index contributed by atoms with van der Waals surface area (Å²) in [5.74, 6) is 3.02. The second kappa shape index (κ2) is 6.52. The van der Waals surface area contributed by atoms with Crippen LogP contribution in [0.1, 0.15) is 23.5 Å². The number of hydrogen-bond donors (Lipinski definition) is 1. The molecule has 2 aromatic heterocycles.